The third-order valence-corrected chi connectivity index (χ3v) is 4.37. The summed E-state index contributed by atoms with van der Waals surface area (Å²) in [5.41, 5.74) is 1.17. The zero-order valence-electron chi connectivity index (χ0n) is 8.43. The SMILES string of the molecule is Cc1nc([S-])c2c(-c3cccs3)csc2n1. The van der Waals surface area contributed by atoms with Crippen LogP contribution in [0.15, 0.2) is 27.9 Å². The molecule has 5 heteroatoms. The summed E-state index contributed by atoms with van der Waals surface area (Å²) in [6.07, 6.45) is 0. The lowest BCUT2D eigenvalue weighted by atomic mass is 10.2. The molecule has 0 aromatic carbocycles. The highest BCUT2D eigenvalue weighted by Gasteiger charge is 2.09. The predicted octanol–water partition coefficient (Wildman–Crippen LogP) is 3.63. The molecule has 0 amide bonds. The number of aryl methyl sites for hydroxylation is 1. The van der Waals surface area contributed by atoms with E-state index in [1.54, 1.807) is 22.7 Å². The zero-order chi connectivity index (χ0) is 11.1. The molecule has 0 radical (unpaired) electrons. The number of hydrogen-bond donors (Lipinski definition) is 0. The van der Waals surface area contributed by atoms with Crippen LogP contribution in [0, 0.1) is 6.92 Å². The van der Waals surface area contributed by atoms with Gasteiger partial charge in [0.25, 0.3) is 0 Å². The van der Waals surface area contributed by atoms with Gasteiger partial charge in [0, 0.05) is 21.2 Å². The Labute approximate surface area is 106 Å². The van der Waals surface area contributed by atoms with E-state index < -0.39 is 0 Å². The maximum Gasteiger partial charge on any atom is 0.126 e. The largest absolute Gasteiger partial charge is 0.759 e. The monoisotopic (exact) mass is 263 g/mol. The van der Waals surface area contributed by atoms with E-state index in [0.29, 0.717) is 5.03 Å². The van der Waals surface area contributed by atoms with Gasteiger partial charge in [-0.25, -0.2) is 4.98 Å². The van der Waals surface area contributed by atoms with Crippen molar-refractivity contribution in [3.63, 3.8) is 0 Å². The van der Waals surface area contributed by atoms with Gasteiger partial charge in [-0.1, -0.05) is 11.1 Å². The van der Waals surface area contributed by atoms with Gasteiger partial charge < -0.3 is 12.6 Å². The Balaban J connectivity index is 2.36. The minimum absolute atomic E-state index is 0.659. The van der Waals surface area contributed by atoms with Gasteiger partial charge in [-0.2, -0.15) is 0 Å². The van der Waals surface area contributed by atoms with Gasteiger partial charge in [-0.05, 0) is 18.4 Å². The van der Waals surface area contributed by atoms with Crippen LogP contribution >= 0.6 is 22.7 Å². The highest BCUT2D eigenvalue weighted by molar-refractivity contribution is 7.59. The molecule has 80 valence electrons. The third-order valence-electron chi connectivity index (χ3n) is 2.30. The fourth-order valence-electron chi connectivity index (χ4n) is 1.62. The van der Waals surface area contributed by atoms with Crippen LogP contribution in [0.4, 0.5) is 0 Å². The average Bonchev–Trinajstić information content (AvgIpc) is 2.82. The first-order chi connectivity index (χ1) is 7.75. The van der Waals surface area contributed by atoms with E-state index in [-0.39, 0.29) is 0 Å². The Kier molecular flexibility index (Phi) is 2.38. The third kappa shape index (κ3) is 1.52. The van der Waals surface area contributed by atoms with Crippen LogP contribution in [0.25, 0.3) is 20.7 Å². The Morgan fingerprint density at radius 2 is 2.12 bits per heavy atom. The molecule has 0 aliphatic carbocycles. The summed E-state index contributed by atoms with van der Waals surface area (Å²) >= 11 is 8.66. The van der Waals surface area contributed by atoms with Gasteiger partial charge in [0.05, 0.1) is 0 Å². The van der Waals surface area contributed by atoms with E-state index in [1.165, 1.54) is 10.4 Å². The molecule has 0 N–H and O–H groups in total. The maximum atomic E-state index is 5.32. The van der Waals surface area contributed by atoms with Crippen molar-refractivity contribution in [2.45, 2.75) is 11.9 Å². The summed E-state index contributed by atoms with van der Waals surface area (Å²) in [6.45, 7) is 1.87. The summed E-state index contributed by atoms with van der Waals surface area (Å²) in [5, 5.41) is 5.86. The number of aromatic nitrogens is 2. The number of thiophene rings is 2. The second kappa shape index (κ2) is 3.76. The molecular formula is C11H7N2S3-. The highest BCUT2D eigenvalue weighted by atomic mass is 32.1. The van der Waals surface area contributed by atoms with Gasteiger partial charge >= 0.3 is 0 Å². The number of hydrogen-bond acceptors (Lipinski definition) is 5. The number of rotatable bonds is 1. The van der Waals surface area contributed by atoms with E-state index in [1.807, 2.05) is 13.0 Å². The average molecular weight is 263 g/mol. The van der Waals surface area contributed by atoms with Gasteiger partial charge in [0.2, 0.25) is 0 Å². The highest BCUT2D eigenvalue weighted by Crippen LogP contribution is 2.36. The molecule has 0 aliphatic heterocycles. The van der Waals surface area contributed by atoms with Crippen molar-refractivity contribution in [2.24, 2.45) is 0 Å². The molecule has 16 heavy (non-hydrogen) atoms. The lowest BCUT2D eigenvalue weighted by Gasteiger charge is -2.08. The van der Waals surface area contributed by atoms with E-state index in [4.69, 9.17) is 12.6 Å². The van der Waals surface area contributed by atoms with E-state index in [0.717, 1.165) is 16.0 Å². The molecular weight excluding hydrogens is 256 g/mol. The molecule has 0 fully saturated rings. The molecule has 3 aromatic rings. The van der Waals surface area contributed by atoms with Crippen molar-refractivity contribution in [1.82, 2.24) is 9.97 Å². The van der Waals surface area contributed by atoms with E-state index in [9.17, 15) is 0 Å². The first-order valence-electron chi connectivity index (χ1n) is 4.72. The second-order valence-corrected chi connectivity index (χ2v) is 5.58. The second-order valence-electron chi connectivity index (χ2n) is 3.38. The zero-order valence-corrected chi connectivity index (χ0v) is 10.9. The lowest BCUT2D eigenvalue weighted by Crippen LogP contribution is -1.90. The van der Waals surface area contributed by atoms with Crippen LogP contribution in [0.5, 0.6) is 0 Å². The quantitative estimate of drug-likeness (QED) is 0.495. The normalized spacial score (nSPS) is 11.1. The molecule has 3 rings (SSSR count). The minimum atomic E-state index is 0.659. The number of nitrogens with zero attached hydrogens (tertiary/aromatic N) is 2. The van der Waals surface area contributed by atoms with Crippen LogP contribution < -0.4 is 0 Å². The fraction of sp³-hybridized carbons (Fsp3) is 0.0909. The van der Waals surface area contributed by atoms with Crippen LogP contribution in [0.2, 0.25) is 0 Å². The van der Waals surface area contributed by atoms with Gasteiger partial charge in [0.1, 0.15) is 10.7 Å². The van der Waals surface area contributed by atoms with Crippen LogP contribution in [-0.4, -0.2) is 9.97 Å². The van der Waals surface area contributed by atoms with Crippen LogP contribution in [-0.2, 0) is 12.6 Å². The summed E-state index contributed by atoms with van der Waals surface area (Å²) in [5.74, 6) is 0.747. The van der Waals surface area contributed by atoms with Crippen molar-refractivity contribution < 1.29 is 0 Å². The van der Waals surface area contributed by atoms with Gasteiger partial charge in [-0.15, -0.1) is 22.7 Å². The fourth-order valence-corrected chi connectivity index (χ4v) is 3.84. The molecule has 0 atom stereocenters. The van der Waals surface area contributed by atoms with Crippen molar-refractivity contribution in [1.29, 1.82) is 0 Å². The summed E-state index contributed by atoms with van der Waals surface area (Å²) in [4.78, 5) is 10.9. The summed E-state index contributed by atoms with van der Waals surface area (Å²) in [7, 11) is 0. The van der Waals surface area contributed by atoms with Crippen molar-refractivity contribution in [2.75, 3.05) is 0 Å². The molecule has 0 unspecified atom stereocenters. The van der Waals surface area contributed by atoms with E-state index in [2.05, 4.69) is 26.8 Å². The molecule has 2 nitrogen and oxygen atoms in total. The Morgan fingerprint density at radius 1 is 1.25 bits per heavy atom. The summed E-state index contributed by atoms with van der Waals surface area (Å²) in [6, 6.07) is 4.14. The lowest BCUT2D eigenvalue weighted by molar-refractivity contribution is 1.02. The van der Waals surface area contributed by atoms with Crippen LogP contribution in [0.1, 0.15) is 5.82 Å². The standard InChI is InChI=1S/C11H8N2S3/c1-6-12-10(14)9-7(5-16-11(9)13-6)8-3-2-4-15-8/h2-5H,1H3,(H,12,13,14)/p-1. The Bertz CT molecular complexity index is 641. The first-order valence-corrected chi connectivity index (χ1v) is 6.89. The van der Waals surface area contributed by atoms with Crippen molar-refractivity contribution in [3.8, 4) is 10.4 Å². The molecule has 0 spiro atoms. The van der Waals surface area contributed by atoms with Gasteiger partial charge in [0.15, 0.2) is 0 Å². The van der Waals surface area contributed by atoms with Crippen LogP contribution in [0.3, 0.4) is 0 Å². The first kappa shape index (κ1) is 10.1. The minimum Gasteiger partial charge on any atom is -0.759 e. The summed E-state index contributed by atoms with van der Waals surface area (Å²) < 4.78 is 0. The topological polar surface area (TPSA) is 25.8 Å². The van der Waals surface area contributed by atoms with Gasteiger partial charge in [-0.3, -0.25) is 4.98 Å². The molecule has 0 bridgehead atoms. The molecule has 3 aromatic heterocycles. The molecule has 0 aliphatic rings. The Morgan fingerprint density at radius 3 is 2.88 bits per heavy atom. The van der Waals surface area contributed by atoms with Crippen molar-refractivity contribution in [3.05, 3.63) is 28.7 Å². The molecule has 0 saturated heterocycles. The van der Waals surface area contributed by atoms with Crippen molar-refractivity contribution >= 4 is 45.5 Å². The number of fused-ring (bicyclic) bond motifs is 1. The van der Waals surface area contributed by atoms with E-state index >= 15 is 0 Å². The molecule has 3 heterocycles. The maximum absolute atomic E-state index is 5.32. The Hall–Kier alpha value is -1.04. The molecule has 0 saturated carbocycles. The predicted molar refractivity (Wildman–Crippen MR) is 71.1 cm³/mol. The smallest absolute Gasteiger partial charge is 0.126 e.